The highest BCUT2D eigenvalue weighted by atomic mass is 32.1. The quantitative estimate of drug-likeness (QED) is 0.753. The van der Waals surface area contributed by atoms with E-state index < -0.39 is 11.2 Å². The molecular formula is C20H23N3O3S. The van der Waals surface area contributed by atoms with Crippen molar-refractivity contribution >= 4 is 27.5 Å². The van der Waals surface area contributed by atoms with Gasteiger partial charge in [-0.2, -0.15) is 0 Å². The average molecular weight is 385 g/mol. The van der Waals surface area contributed by atoms with Crippen LogP contribution in [0.5, 0.6) is 0 Å². The van der Waals surface area contributed by atoms with Gasteiger partial charge in [-0.1, -0.05) is 17.7 Å². The zero-order valence-corrected chi connectivity index (χ0v) is 16.9. The number of amides is 1. The summed E-state index contributed by atoms with van der Waals surface area (Å²) in [6.07, 6.45) is 0. The molecule has 2 aromatic heterocycles. The topological polar surface area (TPSA) is 73.1 Å². The first-order valence-electron chi connectivity index (χ1n) is 8.70. The van der Waals surface area contributed by atoms with Crippen molar-refractivity contribution in [1.29, 1.82) is 0 Å². The van der Waals surface area contributed by atoms with Gasteiger partial charge in [0.1, 0.15) is 11.2 Å². The lowest BCUT2D eigenvalue weighted by Crippen LogP contribution is -2.46. The fourth-order valence-electron chi connectivity index (χ4n) is 3.11. The van der Waals surface area contributed by atoms with E-state index in [1.54, 1.807) is 17.5 Å². The number of thiophene rings is 1. The third-order valence-corrected chi connectivity index (χ3v) is 5.06. The fraction of sp³-hybridized carbons (Fsp3) is 0.350. The second kappa shape index (κ2) is 6.81. The van der Waals surface area contributed by atoms with Crippen LogP contribution in [-0.4, -0.2) is 20.6 Å². The van der Waals surface area contributed by atoms with Crippen molar-refractivity contribution in [2.45, 2.75) is 46.7 Å². The summed E-state index contributed by atoms with van der Waals surface area (Å²) in [5, 5.41) is 4.62. The van der Waals surface area contributed by atoms with Crippen LogP contribution in [0, 0.1) is 13.8 Å². The Kier molecular flexibility index (Phi) is 4.82. The highest BCUT2D eigenvalue weighted by molar-refractivity contribution is 7.17. The third kappa shape index (κ3) is 3.73. The first-order valence-corrected chi connectivity index (χ1v) is 9.58. The Morgan fingerprint density at radius 3 is 2.48 bits per heavy atom. The van der Waals surface area contributed by atoms with Crippen LogP contribution in [0.2, 0.25) is 0 Å². The molecule has 2 heterocycles. The van der Waals surface area contributed by atoms with E-state index in [1.807, 2.05) is 46.8 Å². The summed E-state index contributed by atoms with van der Waals surface area (Å²) in [6.45, 7) is 9.31. The molecule has 3 rings (SSSR count). The normalized spacial score (nSPS) is 11.7. The lowest BCUT2D eigenvalue weighted by molar-refractivity contribution is -0.123. The average Bonchev–Trinajstić information content (AvgIpc) is 3.01. The van der Waals surface area contributed by atoms with Crippen LogP contribution < -0.4 is 16.6 Å². The van der Waals surface area contributed by atoms with Gasteiger partial charge in [0, 0.05) is 5.54 Å². The molecule has 0 unspecified atom stereocenters. The van der Waals surface area contributed by atoms with E-state index in [2.05, 4.69) is 5.32 Å². The predicted octanol–water partition coefficient (Wildman–Crippen LogP) is 2.75. The first kappa shape index (κ1) is 19.1. The number of hydrogen-bond donors (Lipinski definition) is 1. The molecule has 1 aromatic carbocycles. The smallest absolute Gasteiger partial charge is 0.336 e. The second-order valence-electron chi connectivity index (χ2n) is 7.73. The van der Waals surface area contributed by atoms with Crippen LogP contribution in [0.1, 0.15) is 31.9 Å². The SMILES string of the molecule is Cc1ccc(-n2c(=O)c3sccc3n(CC(=O)NC(C)(C)C)c2=O)c(C)c1. The van der Waals surface area contributed by atoms with Gasteiger partial charge in [-0.25, -0.2) is 9.36 Å². The van der Waals surface area contributed by atoms with Crippen LogP contribution >= 0.6 is 11.3 Å². The van der Waals surface area contributed by atoms with Crippen LogP contribution in [0.3, 0.4) is 0 Å². The molecule has 142 valence electrons. The van der Waals surface area contributed by atoms with Gasteiger partial charge in [0.15, 0.2) is 0 Å². The van der Waals surface area contributed by atoms with Gasteiger partial charge in [0.2, 0.25) is 5.91 Å². The maximum atomic E-state index is 13.2. The molecule has 0 spiro atoms. The van der Waals surface area contributed by atoms with E-state index in [0.29, 0.717) is 15.9 Å². The molecule has 0 aliphatic rings. The lowest BCUT2D eigenvalue weighted by Gasteiger charge is -2.21. The summed E-state index contributed by atoms with van der Waals surface area (Å²) in [7, 11) is 0. The molecule has 0 saturated heterocycles. The van der Waals surface area contributed by atoms with E-state index in [-0.39, 0.29) is 18.0 Å². The highest BCUT2D eigenvalue weighted by Gasteiger charge is 2.20. The standard InChI is InChI=1S/C20H23N3O3S/c1-12-6-7-14(13(2)10-12)23-18(25)17-15(8-9-27-17)22(19(23)26)11-16(24)21-20(3,4)5/h6-10H,11H2,1-5H3,(H,21,24). The Labute approximate surface area is 161 Å². The molecular weight excluding hydrogens is 362 g/mol. The van der Waals surface area contributed by atoms with E-state index >= 15 is 0 Å². The Bertz CT molecular complexity index is 1150. The summed E-state index contributed by atoms with van der Waals surface area (Å²) >= 11 is 1.27. The molecule has 27 heavy (non-hydrogen) atoms. The number of aryl methyl sites for hydroxylation is 2. The Hall–Kier alpha value is -2.67. The molecule has 0 aliphatic heterocycles. The molecule has 0 fully saturated rings. The van der Waals surface area contributed by atoms with Crippen molar-refractivity contribution in [3.05, 3.63) is 61.6 Å². The van der Waals surface area contributed by atoms with E-state index in [4.69, 9.17) is 0 Å². The van der Waals surface area contributed by atoms with Gasteiger partial charge >= 0.3 is 5.69 Å². The van der Waals surface area contributed by atoms with Gasteiger partial charge in [0.05, 0.1) is 11.2 Å². The van der Waals surface area contributed by atoms with Crippen LogP contribution in [0.25, 0.3) is 15.9 Å². The number of aromatic nitrogens is 2. The second-order valence-corrected chi connectivity index (χ2v) is 8.65. The number of carbonyl (C=O) groups is 1. The van der Waals surface area contributed by atoms with E-state index in [0.717, 1.165) is 15.7 Å². The van der Waals surface area contributed by atoms with Crippen LogP contribution in [-0.2, 0) is 11.3 Å². The monoisotopic (exact) mass is 385 g/mol. The van der Waals surface area contributed by atoms with E-state index in [9.17, 15) is 14.4 Å². The minimum absolute atomic E-state index is 0.144. The summed E-state index contributed by atoms with van der Waals surface area (Å²) in [5.41, 5.74) is 1.63. The Balaban J connectivity index is 2.23. The Morgan fingerprint density at radius 1 is 1.15 bits per heavy atom. The van der Waals surface area contributed by atoms with Crippen LogP contribution in [0.15, 0.2) is 39.2 Å². The van der Waals surface area contributed by atoms with Gasteiger partial charge in [-0.3, -0.25) is 14.2 Å². The molecule has 7 heteroatoms. The lowest BCUT2D eigenvalue weighted by atomic mass is 10.1. The van der Waals surface area contributed by atoms with Crippen molar-refractivity contribution in [3.8, 4) is 5.69 Å². The molecule has 0 atom stereocenters. The zero-order valence-electron chi connectivity index (χ0n) is 16.1. The maximum Gasteiger partial charge on any atom is 0.336 e. The number of fused-ring (bicyclic) bond motifs is 1. The number of rotatable bonds is 3. The molecule has 0 saturated carbocycles. The zero-order chi connectivity index (χ0) is 19.9. The number of nitrogens with zero attached hydrogens (tertiary/aromatic N) is 2. The molecule has 6 nitrogen and oxygen atoms in total. The first-order chi connectivity index (χ1) is 12.6. The van der Waals surface area contributed by atoms with Gasteiger partial charge in [0.25, 0.3) is 5.56 Å². The number of carbonyl (C=O) groups excluding carboxylic acids is 1. The van der Waals surface area contributed by atoms with Gasteiger partial charge in [-0.05, 0) is 57.7 Å². The van der Waals surface area contributed by atoms with Gasteiger partial charge < -0.3 is 5.32 Å². The Morgan fingerprint density at radius 2 is 1.85 bits per heavy atom. The van der Waals surface area contributed by atoms with Gasteiger partial charge in [-0.15, -0.1) is 11.3 Å². The molecule has 0 radical (unpaired) electrons. The van der Waals surface area contributed by atoms with Crippen molar-refractivity contribution in [1.82, 2.24) is 14.5 Å². The highest BCUT2D eigenvalue weighted by Crippen LogP contribution is 2.18. The molecule has 1 N–H and O–H groups in total. The molecule has 1 amide bonds. The summed E-state index contributed by atoms with van der Waals surface area (Å²) < 4.78 is 2.99. The molecule has 0 bridgehead atoms. The molecule has 0 aliphatic carbocycles. The van der Waals surface area contributed by atoms with Crippen molar-refractivity contribution in [3.63, 3.8) is 0 Å². The predicted molar refractivity (Wildman–Crippen MR) is 109 cm³/mol. The van der Waals surface area contributed by atoms with Crippen molar-refractivity contribution < 1.29 is 4.79 Å². The maximum absolute atomic E-state index is 13.2. The summed E-state index contributed by atoms with van der Waals surface area (Å²) in [5.74, 6) is -0.275. The fourth-order valence-corrected chi connectivity index (χ4v) is 3.93. The number of benzene rings is 1. The number of hydrogen-bond acceptors (Lipinski definition) is 4. The molecule has 3 aromatic rings. The van der Waals surface area contributed by atoms with Crippen LogP contribution in [0.4, 0.5) is 0 Å². The largest absolute Gasteiger partial charge is 0.350 e. The number of nitrogens with one attached hydrogen (secondary N) is 1. The minimum atomic E-state index is -0.512. The van der Waals surface area contributed by atoms with E-state index in [1.165, 1.54) is 15.9 Å². The summed E-state index contributed by atoms with van der Waals surface area (Å²) in [6, 6.07) is 7.27. The van der Waals surface area contributed by atoms with Crippen molar-refractivity contribution in [2.75, 3.05) is 0 Å². The summed E-state index contributed by atoms with van der Waals surface area (Å²) in [4.78, 5) is 38.6. The minimum Gasteiger partial charge on any atom is -0.350 e. The third-order valence-electron chi connectivity index (χ3n) is 4.16. The van der Waals surface area contributed by atoms with Crippen molar-refractivity contribution in [2.24, 2.45) is 0 Å².